The van der Waals surface area contributed by atoms with E-state index in [1.54, 1.807) is 0 Å². The first kappa shape index (κ1) is 12.5. The minimum atomic E-state index is 0.895. The number of hydrogen-bond acceptors (Lipinski definition) is 2. The van der Waals surface area contributed by atoms with E-state index in [-0.39, 0.29) is 0 Å². The van der Waals surface area contributed by atoms with Crippen molar-refractivity contribution < 1.29 is 0 Å². The van der Waals surface area contributed by atoms with Crippen LogP contribution in [0.25, 0.3) is 10.9 Å². The number of nitrogens with zero attached hydrogens (tertiary/aromatic N) is 3. The first-order valence-electron chi connectivity index (χ1n) is 6.44. The summed E-state index contributed by atoms with van der Waals surface area (Å²) in [6.45, 7) is 3.09. The molecule has 0 amide bonds. The molecule has 0 unspecified atom stereocenters. The molecule has 3 nitrogen and oxygen atoms in total. The van der Waals surface area contributed by atoms with Gasteiger partial charge >= 0.3 is 0 Å². The van der Waals surface area contributed by atoms with E-state index in [1.165, 1.54) is 22.2 Å². The van der Waals surface area contributed by atoms with E-state index in [4.69, 9.17) is 0 Å². The van der Waals surface area contributed by atoms with E-state index in [9.17, 15) is 0 Å². The maximum atomic E-state index is 4.39. The zero-order valence-corrected chi connectivity index (χ0v) is 12.7. The molecule has 1 aliphatic heterocycles. The summed E-state index contributed by atoms with van der Waals surface area (Å²) in [4.78, 5) is 2.28. The number of aromatic nitrogens is 2. The summed E-state index contributed by atoms with van der Waals surface area (Å²) in [5.41, 5.74) is 3.82. The fourth-order valence-electron chi connectivity index (χ4n) is 2.57. The number of fused-ring (bicyclic) bond motifs is 1. The lowest BCUT2D eigenvalue weighted by Crippen LogP contribution is -2.20. The normalized spacial score (nSPS) is 15.1. The van der Waals surface area contributed by atoms with E-state index in [1.807, 2.05) is 17.9 Å². The molecule has 0 N–H and O–H groups in total. The molecule has 0 fully saturated rings. The summed E-state index contributed by atoms with van der Waals surface area (Å²) in [5.74, 6) is 0. The Balaban J connectivity index is 2.25. The Labute approximate surface area is 121 Å². The quantitative estimate of drug-likeness (QED) is 0.841. The Morgan fingerprint density at radius 1 is 1.37 bits per heavy atom. The molecule has 98 valence electrons. The molecule has 1 aromatic heterocycles. The molecule has 1 aromatic carbocycles. The topological polar surface area (TPSA) is 21.1 Å². The van der Waals surface area contributed by atoms with E-state index in [2.05, 4.69) is 63.3 Å². The molecule has 1 aliphatic rings. The van der Waals surface area contributed by atoms with Crippen LogP contribution in [0.15, 0.2) is 41.2 Å². The van der Waals surface area contributed by atoms with Crippen LogP contribution in [-0.4, -0.2) is 16.3 Å². The largest absolute Gasteiger partial charge is 0.341 e. The average Bonchev–Trinajstić information content (AvgIpc) is 2.79. The van der Waals surface area contributed by atoms with Crippen LogP contribution in [0.2, 0.25) is 0 Å². The molecule has 4 heteroatoms. The van der Waals surface area contributed by atoms with Gasteiger partial charge in [-0.2, -0.15) is 5.10 Å². The Morgan fingerprint density at radius 3 is 2.95 bits per heavy atom. The van der Waals surface area contributed by atoms with Crippen molar-refractivity contribution in [2.24, 2.45) is 7.05 Å². The predicted molar refractivity (Wildman–Crippen MR) is 83.6 cm³/mol. The Kier molecular flexibility index (Phi) is 3.19. The highest BCUT2D eigenvalue weighted by molar-refractivity contribution is 9.11. The lowest BCUT2D eigenvalue weighted by Gasteiger charge is -2.25. The van der Waals surface area contributed by atoms with Crippen LogP contribution in [0.4, 0.5) is 5.69 Å². The fraction of sp³-hybridized carbons (Fsp3) is 0.267. The number of benzene rings is 1. The van der Waals surface area contributed by atoms with Crippen LogP contribution in [-0.2, 0) is 13.5 Å². The van der Waals surface area contributed by atoms with E-state index in [0.29, 0.717) is 0 Å². The third kappa shape index (κ3) is 2.10. The Bertz CT molecular complexity index is 682. The number of halogens is 1. The van der Waals surface area contributed by atoms with Crippen LogP contribution >= 0.6 is 15.9 Å². The van der Waals surface area contributed by atoms with Crippen molar-refractivity contribution in [1.82, 2.24) is 9.78 Å². The predicted octanol–water partition coefficient (Wildman–Crippen LogP) is 3.75. The van der Waals surface area contributed by atoms with Gasteiger partial charge in [0.15, 0.2) is 0 Å². The van der Waals surface area contributed by atoms with Crippen LogP contribution in [0.1, 0.15) is 12.5 Å². The third-order valence-electron chi connectivity index (χ3n) is 3.49. The molecular weight excluding hydrogens is 302 g/mol. The number of allylic oxidation sites excluding steroid dienone is 2. The zero-order chi connectivity index (χ0) is 13.4. The van der Waals surface area contributed by atoms with E-state index >= 15 is 0 Å². The standard InChI is InChI=1S/C15H16BrN3/c1-3-11-6-7-12-9-17-18(2)14(12)15(11)19-8-4-5-13(16)10-19/h4-7,9-10H,3,8H2,1-2H3. The Morgan fingerprint density at radius 2 is 2.21 bits per heavy atom. The van der Waals surface area contributed by atoms with Crippen LogP contribution in [0, 0.1) is 0 Å². The van der Waals surface area contributed by atoms with E-state index < -0.39 is 0 Å². The first-order valence-corrected chi connectivity index (χ1v) is 7.24. The highest BCUT2D eigenvalue weighted by Gasteiger charge is 2.16. The van der Waals surface area contributed by atoms with Crippen molar-refractivity contribution >= 4 is 32.5 Å². The maximum absolute atomic E-state index is 4.39. The monoisotopic (exact) mass is 317 g/mol. The van der Waals surface area contributed by atoms with Crippen molar-refractivity contribution in [3.63, 3.8) is 0 Å². The highest BCUT2D eigenvalue weighted by atomic mass is 79.9. The first-order chi connectivity index (χ1) is 9.20. The molecule has 0 radical (unpaired) electrons. The maximum Gasteiger partial charge on any atom is 0.0918 e. The second-order valence-corrected chi connectivity index (χ2v) is 5.62. The summed E-state index contributed by atoms with van der Waals surface area (Å²) in [6.07, 6.45) is 9.34. The third-order valence-corrected chi connectivity index (χ3v) is 3.96. The van der Waals surface area contributed by atoms with Gasteiger partial charge in [-0.25, -0.2) is 0 Å². The smallest absolute Gasteiger partial charge is 0.0918 e. The second kappa shape index (κ2) is 4.85. The number of hydrogen-bond donors (Lipinski definition) is 0. The molecule has 0 saturated carbocycles. The molecule has 0 bridgehead atoms. The molecule has 0 aliphatic carbocycles. The Hall–Kier alpha value is -1.55. The molecular formula is C15H16BrN3. The van der Waals surface area contributed by atoms with Gasteiger partial charge in [0.2, 0.25) is 0 Å². The number of anilines is 1. The minimum absolute atomic E-state index is 0.895. The minimum Gasteiger partial charge on any atom is -0.341 e. The van der Waals surface area contributed by atoms with Crippen LogP contribution in [0.3, 0.4) is 0 Å². The highest BCUT2D eigenvalue weighted by Crippen LogP contribution is 2.33. The summed E-state index contributed by atoms with van der Waals surface area (Å²) in [5, 5.41) is 5.57. The van der Waals surface area contributed by atoms with Gasteiger partial charge < -0.3 is 4.90 Å². The summed E-state index contributed by atoms with van der Waals surface area (Å²) in [6, 6.07) is 4.36. The molecule has 3 rings (SSSR count). The van der Waals surface area contributed by atoms with E-state index in [0.717, 1.165) is 17.4 Å². The van der Waals surface area contributed by atoms with Gasteiger partial charge in [0, 0.05) is 29.7 Å². The van der Waals surface area contributed by atoms with Gasteiger partial charge in [0.05, 0.1) is 17.4 Å². The van der Waals surface area contributed by atoms with Gasteiger partial charge in [-0.1, -0.05) is 25.1 Å². The van der Waals surface area contributed by atoms with Gasteiger partial charge in [-0.05, 0) is 34.0 Å². The lowest BCUT2D eigenvalue weighted by molar-refractivity contribution is 0.794. The summed E-state index contributed by atoms with van der Waals surface area (Å²) in [7, 11) is 2.00. The summed E-state index contributed by atoms with van der Waals surface area (Å²) < 4.78 is 3.06. The van der Waals surface area contributed by atoms with Crippen molar-refractivity contribution in [1.29, 1.82) is 0 Å². The van der Waals surface area contributed by atoms with Gasteiger partial charge in [-0.3, -0.25) is 4.68 Å². The molecule has 2 heterocycles. The number of rotatable bonds is 2. The molecule has 0 spiro atoms. The van der Waals surface area contributed by atoms with Gasteiger partial charge in [0.1, 0.15) is 0 Å². The average molecular weight is 318 g/mol. The van der Waals surface area contributed by atoms with Crippen LogP contribution < -0.4 is 4.90 Å². The lowest BCUT2D eigenvalue weighted by atomic mass is 10.1. The second-order valence-electron chi connectivity index (χ2n) is 4.70. The zero-order valence-electron chi connectivity index (χ0n) is 11.1. The van der Waals surface area contributed by atoms with Crippen molar-refractivity contribution in [3.05, 3.63) is 46.7 Å². The molecule has 0 saturated heterocycles. The molecule has 2 aromatic rings. The van der Waals surface area contributed by atoms with Crippen LogP contribution in [0.5, 0.6) is 0 Å². The number of aryl methyl sites for hydroxylation is 2. The van der Waals surface area contributed by atoms with Crippen molar-refractivity contribution in [2.75, 3.05) is 11.4 Å². The van der Waals surface area contributed by atoms with Crippen molar-refractivity contribution in [3.8, 4) is 0 Å². The molecule has 0 atom stereocenters. The molecule has 19 heavy (non-hydrogen) atoms. The van der Waals surface area contributed by atoms with Gasteiger partial charge in [-0.15, -0.1) is 0 Å². The SMILES string of the molecule is CCc1ccc2cnn(C)c2c1N1C=C(Br)C=CC1. The van der Waals surface area contributed by atoms with Crippen molar-refractivity contribution in [2.45, 2.75) is 13.3 Å². The van der Waals surface area contributed by atoms with Gasteiger partial charge in [0.25, 0.3) is 0 Å². The fourth-order valence-corrected chi connectivity index (χ4v) is 3.01. The summed E-state index contributed by atoms with van der Waals surface area (Å²) >= 11 is 3.56.